The van der Waals surface area contributed by atoms with Gasteiger partial charge in [-0.3, -0.25) is 0 Å². The first kappa shape index (κ1) is 12.6. The van der Waals surface area contributed by atoms with Crippen LogP contribution in [0.2, 0.25) is 0 Å². The number of carboxylic acid groups (broad SMARTS) is 1. The number of aryl methyl sites for hydroxylation is 2. The summed E-state index contributed by atoms with van der Waals surface area (Å²) in [5.41, 5.74) is 1.41. The van der Waals surface area contributed by atoms with Crippen LogP contribution in [0.25, 0.3) is 0 Å². The Morgan fingerprint density at radius 2 is 2.07 bits per heavy atom. The molecule has 3 nitrogen and oxygen atoms in total. The van der Waals surface area contributed by atoms with E-state index in [0.29, 0.717) is 0 Å². The monoisotopic (exact) mass is 195 g/mol. The van der Waals surface area contributed by atoms with Crippen molar-refractivity contribution in [3.05, 3.63) is 30.1 Å². The van der Waals surface area contributed by atoms with Gasteiger partial charge in [-0.05, 0) is 13.3 Å². The molecule has 0 bridgehead atoms. The number of carbonyl (C=O) groups excluding carboxylic acids is 1. The summed E-state index contributed by atoms with van der Waals surface area (Å²) in [6, 6.07) is 6.31. The average molecular weight is 195 g/mol. The standard InChI is InChI=1S/C9H14N.C2H4O2/c1-3-6-9-7-4-5-8-10(9)2;1-2(3)4/h4-5,7-8H,3,6H2,1-2H3;1H3,(H,3,4)/q+1;/p-1. The molecule has 14 heavy (non-hydrogen) atoms. The lowest BCUT2D eigenvalue weighted by molar-refractivity contribution is -0.679. The van der Waals surface area contributed by atoms with Gasteiger partial charge in [0.25, 0.3) is 0 Å². The number of carboxylic acids is 1. The van der Waals surface area contributed by atoms with Gasteiger partial charge in [-0.2, -0.15) is 0 Å². The molecule has 0 spiro atoms. The molecular weight excluding hydrogens is 178 g/mol. The van der Waals surface area contributed by atoms with E-state index in [4.69, 9.17) is 9.90 Å². The summed E-state index contributed by atoms with van der Waals surface area (Å²) < 4.78 is 2.17. The van der Waals surface area contributed by atoms with Crippen molar-refractivity contribution in [3.8, 4) is 0 Å². The summed E-state index contributed by atoms with van der Waals surface area (Å²) >= 11 is 0. The maximum Gasteiger partial charge on any atom is 0.181 e. The van der Waals surface area contributed by atoms with Gasteiger partial charge >= 0.3 is 0 Å². The first-order valence-corrected chi connectivity index (χ1v) is 4.69. The molecule has 0 aliphatic carbocycles. The fourth-order valence-electron chi connectivity index (χ4n) is 1.07. The van der Waals surface area contributed by atoms with Crippen LogP contribution in [-0.4, -0.2) is 5.97 Å². The van der Waals surface area contributed by atoms with Crippen molar-refractivity contribution in [2.75, 3.05) is 0 Å². The third kappa shape index (κ3) is 6.17. The van der Waals surface area contributed by atoms with Gasteiger partial charge in [0.05, 0.1) is 0 Å². The van der Waals surface area contributed by atoms with E-state index in [1.54, 1.807) is 0 Å². The number of hydrogen-bond donors (Lipinski definition) is 0. The highest BCUT2D eigenvalue weighted by molar-refractivity contribution is 5.60. The zero-order chi connectivity index (χ0) is 11.0. The molecule has 3 heteroatoms. The first-order chi connectivity index (χ1) is 6.57. The van der Waals surface area contributed by atoms with Crippen LogP contribution in [0.1, 0.15) is 26.0 Å². The van der Waals surface area contributed by atoms with Crippen LogP contribution in [-0.2, 0) is 18.3 Å². The lowest BCUT2D eigenvalue weighted by Crippen LogP contribution is -2.32. The van der Waals surface area contributed by atoms with Crippen molar-refractivity contribution in [1.82, 2.24) is 0 Å². The van der Waals surface area contributed by atoms with E-state index in [2.05, 4.69) is 42.9 Å². The highest BCUT2D eigenvalue weighted by atomic mass is 16.4. The number of aliphatic carboxylic acids is 1. The van der Waals surface area contributed by atoms with E-state index in [0.717, 1.165) is 6.92 Å². The summed E-state index contributed by atoms with van der Waals surface area (Å²) in [6.07, 6.45) is 4.49. The summed E-state index contributed by atoms with van der Waals surface area (Å²) in [4.78, 5) is 8.89. The molecule has 78 valence electrons. The molecular formula is C11H17NO2. The minimum atomic E-state index is -1.08. The second-order valence-corrected chi connectivity index (χ2v) is 3.04. The Morgan fingerprint density at radius 3 is 2.50 bits per heavy atom. The van der Waals surface area contributed by atoms with Gasteiger partial charge in [-0.15, -0.1) is 0 Å². The third-order valence-electron chi connectivity index (χ3n) is 1.67. The molecule has 1 heterocycles. The van der Waals surface area contributed by atoms with Crippen LogP contribution >= 0.6 is 0 Å². The second-order valence-electron chi connectivity index (χ2n) is 3.04. The Hall–Kier alpha value is -1.38. The van der Waals surface area contributed by atoms with Crippen LogP contribution in [0.3, 0.4) is 0 Å². The van der Waals surface area contributed by atoms with E-state index >= 15 is 0 Å². The Morgan fingerprint density at radius 1 is 1.50 bits per heavy atom. The maximum atomic E-state index is 8.89. The van der Waals surface area contributed by atoms with E-state index in [1.807, 2.05) is 0 Å². The molecule has 1 aromatic heterocycles. The zero-order valence-corrected chi connectivity index (χ0v) is 8.99. The predicted octanol–water partition coefficient (Wildman–Crippen LogP) is 0.220. The molecule has 1 rings (SSSR count). The number of nitrogens with zero attached hydrogens (tertiary/aromatic N) is 1. The number of pyridine rings is 1. The van der Waals surface area contributed by atoms with Crippen LogP contribution in [0.15, 0.2) is 24.4 Å². The van der Waals surface area contributed by atoms with Gasteiger partial charge in [-0.25, -0.2) is 4.57 Å². The SMILES string of the molecule is CC(=O)[O-].CCCc1cccc[n+]1C. The minimum Gasteiger partial charge on any atom is -0.550 e. The molecule has 0 unspecified atom stereocenters. The number of rotatable bonds is 2. The third-order valence-corrected chi connectivity index (χ3v) is 1.67. The van der Waals surface area contributed by atoms with Crippen molar-refractivity contribution < 1.29 is 14.5 Å². The van der Waals surface area contributed by atoms with E-state index in [1.165, 1.54) is 18.5 Å². The molecule has 0 atom stereocenters. The van der Waals surface area contributed by atoms with Gasteiger partial charge in [0.1, 0.15) is 7.05 Å². The largest absolute Gasteiger partial charge is 0.550 e. The lowest BCUT2D eigenvalue weighted by atomic mass is 10.2. The molecule has 0 radical (unpaired) electrons. The van der Waals surface area contributed by atoms with Gasteiger partial charge in [0.2, 0.25) is 0 Å². The fraction of sp³-hybridized carbons (Fsp3) is 0.455. The smallest absolute Gasteiger partial charge is 0.181 e. The number of carbonyl (C=O) groups is 1. The molecule has 1 aromatic rings. The summed E-state index contributed by atoms with van der Waals surface area (Å²) in [5, 5.41) is 8.89. The molecule has 0 aliphatic heterocycles. The number of aromatic nitrogens is 1. The van der Waals surface area contributed by atoms with Gasteiger partial charge in [-0.1, -0.05) is 13.0 Å². The Kier molecular flexibility index (Phi) is 6.37. The van der Waals surface area contributed by atoms with Crippen molar-refractivity contribution in [2.45, 2.75) is 26.7 Å². The van der Waals surface area contributed by atoms with Crippen molar-refractivity contribution >= 4 is 5.97 Å². The normalized spacial score (nSPS) is 8.79. The highest BCUT2D eigenvalue weighted by Gasteiger charge is 2.00. The molecule has 0 aliphatic rings. The fourth-order valence-corrected chi connectivity index (χ4v) is 1.07. The topological polar surface area (TPSA) is 44.0 Å². The summed E-state index contributed by atoms with van der Waals surface area (Å²) in [6.45, 7) is 3.17. The summed E-state index contributed by atoms with van der Waals surface area (Å²) in [7, 11) is 2.09. The molecule has 0 saturated heterocycles. The number of hydrogen-bond acceptors (Lipinski definition) is 2. The maximum absolute atomic E-state index is 8.89. The van der Waals surface area contributed by atoms with Gasteiger partial charge in [0.15, 0.2) is 11.9 Å². The van der Waals surface area contributed by atoms with E-state index in [9.17, 15) is 0 Å². The van der Waals surface area contributed by atoms with Crippen LogP contribution < -0.4 is 9.67 Å². The minimum absolute atomic E-state index is 0.972. The zero-order valence-electron chi connectivity index (χ0n) is 8.99. The van der Waals surface area contributed by atoms with Crippen LogP contribution in [0.4, 0.5) is 0 Å². The van der Waals surface area contributed by atoms with E-state index in [-0.39, 0.29) is 0 Å². The predicted molar refractivity (Wildman–Crippen MR) is 52.3 cm³/mol. The van der Waals surface area contributed by atoms with Crippen molar-refractivity contribution in [1.29, 1.82) is 0 Å². The van der Waals surface area contributed by atoms with E-state index < -0.39 is 5.97 Å². The highest BCUT2D eigenvalue weighted by Crippen LogP contribution is 1.93. The Bertz CT molecular complexity index is 280. The first-order valence-electron chi connectivity index (χ1n) is 4.69. The van der Waals surface area contributed by atoms with Crippen molar-refractivity contribution in [2.24, 2.45) is 7.05 Å². The molecule has 0 fully saturated rings. The Balaban J connectivity index is 0.000000364. The van der Waals surface area contributed by atoms with Gasteiger partial charge in [0, 0.05) is 24.5 Å². The Labute approximate surface area is 85.0 Å². The molecule has 0 amide bonds. The lowest BCUT2D eigenvalue weighted by Gasteiger charge is -1.94. The van der Waals surface area contributed by atoms with Crippen molar-refractivity contribution in [3.63, 3.8) is 0 Å². The second kappa shape index (κ2) is 7.06. The quantitative estimate of drug-likeness (QED) is 0.634. The average Bonchev–Trinajstić information content (AvgIpc) is 2.08. The molecule has 0 aromatic carbocycles. The molecule has 0 N–H and O–H groups in total. The van der Waals surface area contributed by atoms with Gasteiger partial charge < -0.3 is 9.90 Å². The van der Waals surface area contributed by atoms with Crippen LogP contribution in [0.5, 0.6) is 0 Å². The summed E-state index contributed by atoms with van der Waals surface area (Å²) in [5.74, 6) is -1.08. The van der Waals surface area contributed by atoms with Crippen LogP contribution in [0, 0.1) is 0 Å². The molecule has 0 saturated carbocycles.